The molecular formula is C21H26F3N5OS. The second-order valence-electron chi connectivity index (χ2n) is 8.14. The van der Waals surface area contributed by atoms with Gasteiger partial charge in [-0.1, -0.05) is 36.7 Å². The minimum Gasteiger partial charge on any atom is -0.369 e. The van der Waals surface area contributed by atoms with Crippen LogP contribution in [-0.2, 0) is 11.0 Å². The van der Waals surface area contributed by atoms with E-state index in [2.05, 4.69) is 15.5 Å². The summed E-state index contributed by atoms with van der Waals surface area (Å²) >= 11 is 1.46. The number of carbonyl (C=O) groups is 1. The van der Waals surface area contributed by atoms with Gasteiger partial charge in [-0.2, -0.15) is 13.2 Å². The van der Waals surface area contributed by atoms with Crippen molar-refractivity contribution >= 4 is 28.1 Å². The van der Waals surface area contributed by atoms with Crippen LogP contribution in [0.4, 0.5) is 24.0 Å². The lowest BCUT2D eigenvalue weighted by Crippen LogP contribution is -2.48. The lowest BCUT2D eigenvalue weighted by Gasteiger charge is -2.35. The largest absolute Gasteiger partial charge is 0.416 e. The van der Waals surface area contributed by atoms with Crippen molar-refractivity contribution in [2.24, 2.45) is 0 Å². The Bertz CT molecular complexity index is 889. The Balaban J connectivity index is 1.25. The fraction of sp³-hybridized carbons (Fsp3) is 0.571. The molecule has 1 aliphatic heterocycles. The Hall–Kier alpha value is -2.20. The third kappa shape index (κ3) is 5.74. The number of hydrogen-bond acceptors (Lipinski definition) is 6. The van der Waals surface area contributed by atoms with Crippen molar-refractivity contribution in [1.82, 2.24) is 15.1 Å². The molecule has 1 aromatic heterocycles. The van der Waals surface area contributed by atoms with Crippen LogP contribution in [0.25, 0.3) is 0 Å². The quantitative estimate of drug-likeness (QED) is 0.729. The third-order valence-electron chi connectivity index (χ3n) is 5.92. The van der Waals surface area contributed by atoms with E-state index in [9.17, 15) is 18.0 Å². The molecule has 2 aliphatic rings. The lowest BCUT2D eigenvalue weighted by atomic mass is 9.90. The van der Waals surface area contributed by atoms with E-state index in [1.165, 1.54) is 42.7 Å². The second-order valence-corrected chi connectivity index (χ2v) is 9.15. The standard InChI is InChI=1S/C21H26F3N5OS/c22-21(23,24)16-7-4-8-17(13-16)29-11-9-28(10-12-29)14-18(30)25-20-27-26-19(31-20)15-5-2-1-3-6-15/h4,7-8,13,15H,1-3,5-6,9-12,14H2,(H,25,27,30). The summed E-state index contributed by atoms with van der Waals surface area (Å²) < 4.78 is 38.8. The van der Waals surface area contributed by atoms with Crippen molar-refractivity contribution in [3.05, 3.63) is 34.8 Å². The topological polar surface area (TPSA) is 61.4 Å². The number of rotatable bonds is 5. The van der Waals surface area contributed by atoms with Gasteiger partial charge in [0.15, 0.2) is 0 Å². The molecule has 1 aromatic carbocycles. The summed E-state index contributed by atoms with van der Waals surface area (Å²) in [6.07, 6.45) is 1.64. The summed E-state index contributed by atoms with van der Waals surface area (Å²) in [5.41, 5.74) is -0.0838. The molecule has 0 atom stereocenters. The second kappa shape index (κ2) is 9.52. The first-order valence-electron chi connectivity index (χ1n) is 10.7. The monoisotopic (exact) mass is 453 g/mol. The number of nitrogens with one attached hydrogen (secondary N) is 1. The molecule has 2 aromatic rings. The maximum absolute atomic E-state index is 12.9. The van der Waals surface area contributed by atoms with Gasteiger partial charge in [0, 0.05) is 37.8 Å². The predicted molar refractivity (Wildman–Crippen MR) is 114 cm³/mol. The molecule has 1 saturated carbocycles. The van der Waals surface area contributed by atoms with E-state index in [1.807, 2.05) is 9.80 Å². The average molecular weight is 454 g/mol. The van der Waals surface area contributed by atoms with E-state index in [1.54, 1.807) is 6.07 Å². The Morgan fingerprint density at radius 2 is 1.84 bits per heavy atom. The molecule has 4 rings (SSSR count). The number of halogens is 3. The van der Waals surface area contributed by atoms with Crippen molar-refractivity contribution in [1.29, 1.82) is 0 Å². The fourth-order valence-corrected chi connectivity index (χ4v) is 5.13. The summed E-state index contributed by atoms with van der Waals surface area (Å²) in [4.78, 5) is 16.3. The van der Waals surface area contributed by atoms with Crippen molar-refractivity contribution in [2.75, 3.05) is 42.9 Å². The molecule has 0 radical (unpaired) electrons. The van der Waals surface area contributed by atoms with Gasteiger partial charge in [-0.25, -0.2) is 0 Å². The zero-order valence-electron chi connectivity index (χ0n) is 17.2. The van der Waals surface area contributed by atoms with Crippen LogP contribution in [0, 0.1) is 0 Å². The Morgan fingerprint density at radius 1 is 1.10 bits per heavy atom. The zero-order valence-corrected chi connectivity index (χ0v) is 18.0. The number of anilines is 2. The average Bonchev–Trinajstić information content (AvgIpc) is 3.23. The highest BCUT2D eigenvalue weighted by molar-refractivity contribution is 7.15. The minimum atomic E-state index is -4.35. The van der Waals surface area contributed by atoms with Crippen LogP contribution < -0.4 is 10.2 Å². The van der Waals surface area contributed by atoms with Crippen molar-refractivity contribution in [3.8, 4) is 0 Å². The maximum atomic E-state index is 12.9. The molecule has 1 aliphatic carbocycles. The first-order chi connectivity index (χ1) is 14.9. The molecule has 0 bridgehead atoms. The van der Waals surface area contributed by atoms with E-state index in [0.717, 1.165) is 23.9 Å². The van der Waals surface area contributed by atoms with E-state index in [4.69, 9.17) is 0 Å². The van der Waals surface area contributed by atoms with Crippen molar-refractivity contribution < 1.29 is 18.0 Å². The number of benzene rings is 1. The van der Waals surface area contributed by atoms with Crippen LogP contribution in [0.15, 0.2) is 24.3 Å². The van der Waals surface area contributed by atoms with Crippen LogP contribution in [-0.4, -0.2) is 53.7 Å². The molecule has 0 spiro atoms. The Morgan fingerprint density at radius 3 is 2.55 bits per heavy atom. The number of aromatic nitrogens is 2. The molecule has 1 saturated heterocycles. The van der Waals surface area contributed by atoms with Gasteiger partial charge in [0.05, 0.1) is 12.1 Å². The van der Waals surface area contributed by atoms with Gasteiger partial charge in [-0.15, -0.1) is 10.2 Å². The molecule has 10 heteroatoms. The SMILES string of the molecule is O=C(CN1CCN(c2cccc(C(F)(F)F)c2)CC1)Nc1nnc(C2CCCCC2)s1. The first-order valence-corrected chi connectivity index (χ1v) is 11.5. The van der Waals surface area contributed by atoms with E-state index in [0.29, 0.717) is 42.9 Å². The molecule has 1 N–H and O–H groups in total. The van der Waals surface area contributed by atoms with Gasteiger partial charge in [0.1, 0.15) is 5.01 Å². The van der Waals surface area contributed by atoms with Crippen LogP contribution in [0.3, 0.4) is 0 Å². The highest BCUT2D eigenvalue weighted by atomic mass is 32.1. The van der Waals surface area contributed by atoms with Crippen molar-refractivity contribution in [3.63, 3.8) is 0 Å². The molecular weight excluding hydrogens is 427 g/mol. The maximum Gasteiger partial charge on any atom is 0.416 e. The summed E-state index contributed by atoms with van der Waals surface area (Å²) in [5, 5.41) is 12.8. The van der Waals surface area contributed by atoms with Gasteiger partial charge in [0.2, 0.25) is 11.0 Å². The number of alkyl halides is 3. The molecule has 2 heterocycles. The normalized spacial score (nSPS) is 18.9. The van der Waals surface area contributed by atoms with Gasteiger partial charge in [-0.3, -0.25) is 15.0 Å². The van der Waals surface area contributed by atoms with Crippen LogP contribution >= 0.6 is 11.3 Å². The summed E-state index contributed by atoms with van der Waals surface area (Å²) in [6.45, 7) is 2.58. The van der Waals surface area contributed by atoms with E-state index >= 15 is 0 Å². The summed E-state index contributed by atoms with van der Waals surface area (Å²) in [7, 11) is 0. The molecule has 1 amide bonds. The molecule has 168 valence electrons. The van der Waals surface area contributed by atoms with Crippen LogP contribution in [0.1, 0.15) is 48.6 Å². The highest BCUT2D eigenvalue weighted by Crippen LogP contribution is 2.35. The predicted octanol–water partition coefficient (Wildman–Crippen LogP) is 4.37. The summed E-state index contributed by atoms with van der Waals surface area (Å²) in [5.74, 6) is 0.319. The van der Waals surface area contributed by atoms with Gasteiger partial charge in [0.25, 0.3) is 0 Å². The number of piperazine rings is 1. The third-order valence-corrected chi connectivity index (χ3v) is 6.92. The zero-order chi connectivity index (χ0) is 21.8. The molecule has 31 heavy (non-hydrogen) atoms. The van der Waals surface area contributed by atoms with Gasteiger partial charge >= 0.3 is 6.18 Å². The Kier molecular flexibility index (Phi) is 6.76. The number of carbonyl (C=O) groups excluding carboxylic acids is 1. The minimum absolute atomic E-state index is 0.140. The molecule has 6 nitrogen and oxygen atoms in total. The Labute approximate surface area is 183 Å². The highest BCUT2D eigenvalue weighted by Gasteiger charge is 2.31. The van der Waals surface area contributed by atoms with Gasteiger partial charge < -0.3 is 4.90 Å². The lowest BCUT2D eigenvalue weighted by molar-refractivity contribution is -0.137. The molecule has 0 unspecified atom stereocenters. The summed E-state index contributed by atoms with van der Waals surface area (Å²) in [6, 6.07) is 5.39. The fourth-order valence-electron chi connectivity index (χ4n) is 4.20. The van der Waals surface area contributed by atoms with Gasteiger partial charge in [-0.05, 0) is 31.0 Å². The number of hydrogen-bond donors (Lipinski definition) is 1. The number of amides is 1. The van der Waals surface area contributed by atoms with E-state index < -0.39 is 11.7 Å². The molecule has 2 fully saturated rings. The van der Waals surface area contributed by atoms with Crippen molar-refractivity contribution in [2.45, 2.75) is 44.2 Å². The number of nitrogens with zero attached hydrogens (tertiary/aromatic N) is 4. The van der Waals surface area contributed by atoms with Crippen LogP contribution in [0.2, 0.25) is 0 Å². The van der Waals surface area contributed by atoms with E-state index in [-0.39, 0.29) is 12.5 Å². The first kappa shape index (κ1) is 22.0. The smallest absolute Gasteiger partial charge is 0.369 e. The van der Waals surface area contributed by atoms with Crippen LogP contribution in [0.5, 0.6) is 0 Å².